The number of benzene rings is 2. The first-order chi connectivity index (χ1) is 12.7. The fourth-order valence-electron chi connectivity index (χ4n) is 3.00. The summed E-state index contributed by atoms with van der Waals surface area (Å²) < 4.78 is 52.6. The molecule has 1 aliphatic rings. The largest absolute Gasteiger partial charge is 0.388 e. The summed E-state index contributed by atoms with van der Waals surface area (Å²) in [5.74, 6) is -2.32. The van der Waals surface area contributed by atoms with Crippen molar-refractivity contribution in [3.05, 3.63) is 69.7 Å². The fourth-order valence-corrected chi connectivity index (χ4v) is 3.24. The van der Waals surface area contributed by atoms with Gasteiger partial charge in [-0.25, -0.2) is 17.6 Å². The third kappa shape index (κ3) is 4.42. The summed E-state index contributed by atoms with van der Waals surface area (Å²) in [6.07, 6.45) is -3.55. The Labute approximate surface area is 158 Å². The van der Waals surface area contributed by atoms with Crippen molar-refractivity contribution in [3.8, 4) is 0 Å². The Balaban J connectivity index is 1.72. The van der Waals surface area contributed by atoms with Gasteiger partial charge in [0.05, 0.1) is 18.1 Å². The van der Waals surface area contributed by atoms with Crippen LogP contribution in [0.15, 0.2) is 36.4 Å². The number of nitrogens with one attached hydrogen (secondary N) is 1. The van der Waals surface area contributed by atoms with E-state index in [1.165, 1.54) is 12.1 Å². The summed E-state index contributed by atoms with van der Waals surface area (Å²) >= 11 is 5.90. The molecule has 1 amide bonds. The molecular weight excluding hydrogens is 386 g/mol. The molecule has 0 aliphatic heterocycles. The maximum absolute atomic E-state index is 13.7. The maximum Gasteiger partial charge on any atom is 0.263 e. The zero-order valence-electron chi connectivity index (χ0n) is 14.0. The van der Waals surface area contributed by atoms with Gasteiger partial charge in [-0.15, -0.1) is 0 Å². The number of alkyl halides is 2. The van der Waals surface area contributed by atoms with Gasteiger partial charge in [0, 0.05) is 22.2 Å². The Morgan fingerprint density at radius 3 is 2.48 bits per heavy atom. The number of hydrogen-bond donors (Lipinski definition) is 2. The lowest BCUT2D eigenvalue weighted by molar-refractivity contribution is -0.124. The molecule has 1 saturated carbocycles. The smallest absolute Gasteiger partial charge is 0.263 e. The molecule has 3 rings (SSSR count). The van der Waals surface area contributed by atoms with E-state index in [0.717, 1.165) is 18.2 Å². The lowest BCUT2D eigenvalue weighted by atomic mass is 10.0. The summed E-state index contributed by atoms with van der Waals surface area (Å²) in [6.45, 7) is 0. The predicted molar refractivity (Wildman–Crippen MR) is 91.4 cm³/mol. The molecule has 0 bridgehead atoms. The monoisotopic (exact) mass is 401 g/mol. The zero-order valence-corrected chi connectivity index (χ0v) is 14.7. The highest BCUT2D eigenvalue weighted by Crippen LogP contribution is 2.47. The first-order valence-corrected chi connectivity index (χ1v) is 8.61. The topological polar surface area (TPSA) is 49.3 Å². The third-order valence-corrected chi connectivity index (χ3v) is 4.77. The number of halogens is 5. The van der Waals surface area contributed by atoms with Crippen LogP contribution in [0.3, 0.4) is 0 Å². The second-order valence-corrected chi connectivity index (χ2v) is 7.03. The van der Waals surface area contributed by atoms with Crippen LogP contribution in [0.1, 0.15) is 48.5 Å². The van der Waals surface area contributed by atoms with Gasteiger partial charge in [0.25, 0.3) is 6.43 Å². The van der Waals surface area contributed by atoms with Crippen LogP contribution in [0.2, 0.25) is 5.02 Å². The van der Waals surface area contributed by atoms with Gasteiger partial charge in [-0.2, -0.15) is 0 Å². The fraction of sp³-hybridized carbons (Fsp3) is 0.316. The molecule has 2 aromatic carbocycles. The highest BCUT2D eigenvalue weighted by molar-refractivity contribution is 6.30. The molecule has 1 aliphatic carbocycles. The minimum atomic E-state index is -2.70. The van der Waals surface area contributed by atoms with E-state index < -0.39 is 42.0 Å². The van der Waals surface area contributed by atoms with Crippen molar-refractivity contribution in [1.82, 2.24) is 5.32 Å². The molecule has 2 N–H and O–H groups in total. The zero-order chi connectivity index (χ0) is 19.8. The SMILES string of the molecule is O=C(C[C@H](O)c1ccc(F)cc1F)NC1(c2cc(Cl)cc(C(F)F)c2)CC1. The summed E-state index contributed by atoms with van der Waals surface area (Å²) in [7, 11) is 0. The molecule has 27 heavy (non-hydrogen) atoms. The average Bonchev–Trinajstić information content (AvgIpc) is 3.34. The molecule has 0 unspecified atom stereocenters. The van der Waals surface area contributed by atoms with Gasteiger partial charge >= 0.3 is 0 Å². The molecule has 3 nitrogen and oxygen atoms in total. The van der Waals surface area contributed by atoms with E-state index in [1.54, 1.807) is 0 Å². The summed E-state index contributed by atoms with van der Waals surface area (Å²) in [5.41, 5.74) is -0.807. The van der Waals surface area contributed by atoms with Crippen LogP contribution in [0.4, 0.5) is 17.6 Å². The Kier molecular flexibility index (Phi) is 5.44. The molecular formula is C19H16ClF4NO2. The van der Waals surface area contributed by atoms with Crippen molar-refractivity contribution >= 4 is 17.5 Å². The number of carbonyl (C=O) groups excluding carboxylic acids is 1. The lowest BCUT2D eigenvalue weighted by Gasteiger charge is -2.20. The van der Waals surface area contributed by atoms with Gasteiger partial charge in [0.1, 0.15) is 11.6 Å². The van der Waals surface area contributed by atoms with Crippen LogP contribution in [0.5, 0.6) is 0 Å². The number of aliphatic hydroxyl groups is 1. The summed E-state index contributed by atoms with van der Waals surface area (Å²) in [4.78, 5) is 12.3. The molecule has 0 aromatic heterocycles. The molecule has 1 fully saturated rings. The van der Waals surface area contributed by atoms with Crippen molar-refractivity contribution < 1.29 is 27.5 Å². The third-order valence-electron chi connectivity index (χ3n) is 4.55. The van der Waals surface area contributed by atoms with E-state index in [0.29, 0.717) is 24.5 Å². The standard InChI is InChI=1S/C19H16ClF4NO2/c20-12-6-10(18(23)24)5-11(7-12)19(3-4-19)25-17(27)9-16(26)14-2-1-13(21)8-15(14)22/h1-2,5-8,16,18,26H,3-4,9H2,(H,25,27)/t16-/m0/s1. The predicted octanol–water partition coefficient (Wildman–Crippen LogP) is 4.78. The molecule has 0 spiro atoms. The van der Waals surface area contributed by atoms with Crippen molar-refractivity contribution in [3.63, 3.8) is 0 Å². The lowest BCUT2D eigenvalue weighted by Crippen LogP contribution is -2.35. The van der Waals surface area contributed by atoms with E-state index >= 15 is 0 Å². The first-order valence-electron chi connectivity index (χ1n) is 8.23. The molecule has 0 radical (unpaired) electrons. The van der Waals surface area contributed by atoms with Gasteiger partial charge in [0.2, 0.25) is 5.91 Å². The van der Waals surface area contributed by atoms with Crippen LogP contribution >= 0.6 is 11.6 Å². The number of rotatable bonds is 6. The van der Waals surface area contributed by atoms with Crippen LogP contribution < -0.4 is 5.32 Å². The van der Waals surface area contributed by atoms with E-state index in [4.69, 9.17) is 11.6 Å². The van der Waals surface area contributed by atoms with Crippen LogP contribution in [-0.4, -0.2) is 11.0 Å². The van der Waals surface area contributed by atoms with Crippen LogP contribution in [-0.2, 0) is 10.3 Å². The maximum atomic E-state index is 13.7. The average molecular weight is 402 g/mol. The number of carbonyl (C=O) groups is 1. The quantitative estimate of drug-likeness (QED) is 0.684. The molecule has 8 heteroatoms. The molecule has 0 saturated heterocycles. The van der Waals surface area contributed by atoms with Gasteiger partial charge in [0.15, 0.2) is 0 Å². The Hall–Kier alpha value is -2.12. The molecule has 2 aromatic rings. The summed E-state index contributed by atoms with van der Waals surface area (Å²) in [5, 5.41) is 12.9. The van der Waals surface area contributed by atoms with E-state index in [2.05, 4.69) is 5.32 Å². The van der Waals surface area contributed by atoms with Crippen molar-refractivity contribution in [2.75, 3.05) is 0 Å². The van der Waals surface area contributed by atoms with E-state index in [9.17, 15) is 27.5 Å². The van der Waals surface area contributed by atoms with E-state index in [-0.39, 0.29) is 16.1 Å². The van der Waals surface area contributed by atoms with Crippen LogP contribution in [0.25, 0.3) is 0 Å². The second-order valence-electron chi connectivity index (χ2n) is 6.59. The van der Waals surface area contributed by atoms with Crippen molar-refractivity contribution in [2.24, 2.45) is 0 Å². The van der Waals surface area contributed by atoms with Crippen molar-refractivity contribution in [2.45, 2.75) is 37.3 Å². The minimum absolute atomic E-state index is 0.136. The Bertz CT molecular complexity index is 871. The molecule has 0 heterocycles. The second kappa shape index (κ2) is 7.48. The van der Waals surface area contributed by atoms with Gasteiger partial charge in [-0.3, -0.25) is 4.79 Å². The normalized spacial score (nSPS) is 16.3. The van der Waals surface area contributed by atoms with Gasteiger partial charge < -0.3 is 10.4 Å². The van der Waals surface area contributed by atoms with E-state index in [1.807, 2.05) is 0 Å². The minimum Gasteiger partial charge on any atom is -0.388 e. The van der Waals surface area contributed by atoms with Gasteiger partial charge in [-0.05, 0) is 42.7 Å². The number of hydrogen-bond acceptors (Lipinski definition) is 2. The number of amides is 1. The Morgan fingerprint density at radius 2 is 1.89 bits per heavy atom. The Morgan fingerprint density at radius 1 is 1.19 bits per heavy atom. The first kappa shape index (κ1) is 19.6. The molecule has 144 valence electrons. The van der Waals surface area contributed by atoms with Crippen molar-refractivity contribution in [1.29, 1.82) is 0 Å². The summed E-state index contributed by atoms with van der Waals surface area (Å²) in [6, 6.07) is 6.64. The van der Waals surface area contributed by atoms with Gasteiger partial charge in [-0.1, -0.05) is 17.7 Å². The highest BCUT2D eigenvalue weighted by Gasteiger charge is 2.46. The van der Waals surface area contributed by atoms with Crippen LogP contribution in [0, 0.1) is 11.6 Å². The highest BCUT2D eigenvalue weighted by atomic mass is 35.5. The molecule has 1 atom stereocenters. The number of aliphatic hydroxyl groups excluding tert-OH is 1.